The molecule has 0 spiro atoms. The van der Waals surface area contributed by atoms with Gasteiger partial charge in [-0.05, 0) is 23.0 Å². The molecular formula is C24H28NP. The maximum Gasteiger partial charge on any atom is 0.0522 e. The molecule has 0 radical (unpaired) electrons. The quantitative estimate of drug-likeness (QED) is 0.501. The van der Waals surface area contributed by atoms with E-state index in [9.17, 15) is 0 Å². The molecule has 3 aromatic rings. The lowest BCUT2D eigenvalue weighted by Gasteiger charge is -2.27. The zero-order chi connectivity index (χ0) is 18.5. The Morgan fingerprint density at radius 1 is 0.577 bits per heavy atom. The van der Waals surface area contributed by atoms with Gasteiger partial charge in [-0.3, -0.25) is 0 Å². The summed E-state index contributed by atoms with van der Waals surface area (Å²) in [5.41, 5.74) is 4.11. The Balaban J connectivity index is 2.11. The van der Waals surface area contributed by atoms with Crippen molar-refractivity contribution in [3.05, 3.63) is 90.0 Å². The molecule has 0 fully saturated rings. The third kappa shape index (κ3) is 4.17. The highest BCUT2D eigenvalue weighted by atomic mass is 31.1. The van der Waals surface area contributed by atoms with Crippen molar-refractivity contribution >= 4 is 24.4 Å². The maximum absolute atomic E-state index is 3.98. The molecule has 1 N–H and O–H groups in total. The summed E-state index contributed by atoms with van der Waals surface area (Å²) in [6.45, 7) is 9.10. The standard InChI is InChI=1S/C24H28NP/c1-18(2)22-16-11-17-23(19(3)4)24(22)25-26(20-12-7-5-8-13-20)21-14-9-6-10-15-21/h5-19,25H,1-4H3. The van der Waals surface area contributed by atoms with Crippen molar-refractivity contribution < 1.29 is 0 Å². The van der Waals surface area contributed by atoms with Crippen molar-refractivity contribution in [2.45, 2.75) is 39.5 Å². The van der Waals surface area contributed by atoms with E-state index >= 15 is 0 Å². The van der Waals surface area contributed by atoms with Crippen LogP contribution in [0.15, 0.2) is 78.9 Å². The van der Waals surface area contributed by atoms with Gasteiger partial charge in [-0.25, -0.2) is 0 Å². The minimum atomic E-state index is -0.659. The number of anilines is 1. The monoisotopic (exact) mass is 361 g/mol. The Morgan fingerprint density at radius 2 is 1.00 bits per heavy atom. The van der Waals surface area contributed by atoms with Gasteiger partial charge in [0.2, 0.25) is 0 Å². The first-order valence-electron chi connectivity index (χ1n) is 9.37. The molecule has 26 heavy (non-hydrogen) atoms. The van der Waals surface area contributed by atoms with Crippen LogP contribution in [0, 0.1) is 0 Å². The van der Waals surface area contributed by atoms with Gasteiger partial charge in [0.15, 0.2) is 0 Å². The second kappa shape index (κ2) is 8.52. The Hall–Kier alpha value is -2.11. The zero-order valence-electron chi connectivity index (χ0n) is 16.1. The lowest BCUT2D eigenvalue weighted by Crippen LogP contribution is -2.18. The number of benzene rings is 3. The molecule has 3 rings (SSSR count). The highest BCUT2D eigenvalue weighted by Crippen LogP contribution is 2.41. The van der Waals surface area contributed by atoms with Crippen molar-refractivity contribution in [1.82, 2.24) is 0 Å². The molecule has 1 nitrogen and oxygen atoms in total. The minimum absolute atomic E-state index is 0.486. The first-order valence-corrected chi connectivity index (χ1v) is 10.7. The maximum atomic E-state index is 3.98. The number of hydrogen-bond acceptors (Lipinski definition) is 1. The fourth-order valence-corrected chi connectivity index (χ4v) is 5.20. The minimum Gasteiger partial charge on any atom is -0.357 e. The van der Waals surface area contributed by atoms with Crippen molar-refractivity contribution in [2.75, 3.05) is 5.09 Å². The highest BCUT2D eigenvalue weighted by Gasteiger charge is 2.19. The van der Waals surface area contributed by atoms with Crippen LogP contribution < -0.4 is 15.7 Å². The van der Waals surface area contributed by atoms with E-state index in [0.717, 1.165) is 0 Å². The summed E-state index contributed by atoms with van der Waals surface area (Å²) < 4.78 is 0. The van der Waals surface area contributed by atoms with Gasteiger partial charge in [0.1, 0.15) is 0 Å². The molecule has 0 bridgehead atoms. The summed E-state index contributed by atoms with van der Waals surface area (Å²) in [4.78, 5) is 0. The Labute approximate surface area is 159 Å². The lowest BCUT2D eigenvalue weighted by molar-refractivity contribution is 0.840. The largest absolute Gasteiger partial charge is 0.357 e. The van der Waals surface area contributed by atoms with Crippen LogP contribution in [0.1, 0.15) is 50.7 Å². The fraction of sp³-hybridized carbons (Fsp3) is 0.250. The average Bonchev–Trinajstić information content (AvgIpc) is 2.67. The molecule has 0 aromatic heterocycles. The van der Waals surface area contributed by atoms with Gasteiger partial charge in [-0.1, -0.05) is 107 Å². The van der Waals surface area contributed by atoms with Crippen LogP contribution >= 0.6 is 8.07 Å². The fourth-order valence-electron chi connectivity index (χ4n) is 3.22. The summed E-state index contributed by atoms with van der Waals surface area (Å²) >= 11 is 0. The summed E-state index contributed by atoms with van der Waals surface area (Å²) in [5, 5.41) is 6.67. The van der Waals surface area contributed by atoms with Gasteiger partial charge in [0.05, 0.1) is 8.07 Å². The molecule has 134 valence electrons. The highest BCUT2D eigenvalue weighted by molar-refractivity contribution is 7.74. The van der Waals surface area contributed by atoms with Gasteiger partial charge in [0.25, 0.3) is 0 Å². The Morgan fingerprint density at radius 3 is 1.38 bits per heavy atom. The van der Waals surface area contributed by atoms with Gasteiger partial charge >= 0.3 is 0 Å². The van der Waals surface area contributed by atoms with E-state index in [1.54, 1.807) is 0 Å². The molecule has 0 aliphatic heterocycles. The molecule has 2 heteroatoms. The number of para-hydroxylation sites is 1. The third-order valence-electron chi connectivity index (χ3n) is 4.63. The predicted octanol–water partition coefficient (Wildman–Crippen LogP) is 6.39. The molecule has 0 saturated carbocycles. The summed E-state index contributed by atoms with van der Waals surface area (Å²) in [6, 6.07) is 28.4. The topological polar surface area (TPSA) is 12.0 Å². The smallest absolute Gasteiger partial charge is 0.0522 e. The van der Waals surface area contributed by atoms with E-state index in [0.29, 0.717) is 11.8 Å². The van der Waals surface area contributed by atoms with Gasteiger partial charge in [-0.15, -0.1) is 0 Å². The number of nitrogens with one attached hydrogen (secondary N) is 1. The van der Waals surface area contributed by atoms with Gasteiger partial charge < -0.3 is 5.09 Å². The van der Waals surface area contributed by atoms with Crippen molar-refractivity contribution in [2.24, 2.45) is 0 Å². The second-order valence-corrected chi connectivity index (χ2v) is 9.17. The summed E-state index contributed by atoms with van der Waals surface area (Å²) in [6.07, 6.45) is 0. The van der Waals surface area contributed by atoms with Gasteiger partial charge in [-0.2, -0.15) is 0 Å². The van der Waals surface area contributed by atoms with Crippen LogP contribution in [0.25, 0.3) is 0 Å². The molecule has 0 heterocycles. The Kier molecular flexibility index (Phi) is 6.12. The Bertz CT molecular complexity index is 760. The SMILES string of the molecule is CC(C)c1cccc(C(C)C)c1NP(c1ccccc1)c1ccccc1. The van der Waals surface area contributed by atoms with Crippen LogP contribution in [0.2, 0.25) is 0 Å². The molecule has 0 saturated heterocycles. The first kappa shape index (κ1) is 18.7. The van der Waals surface area contributed by atoms with Crippen molar-refractivity contribution in [3.8, 4) is 0 Å². The van der Waals surface area contributed by atoms with Crippen LogP contribution in [0.3, 0.4) is 0 Å². The molecule has 0 aliphatic rings. The molecule has 0 amide bonds. The summed E-state index contributed by atoms with van der Waals surface area (Å²) in [5.74, 6) is 0.971. The molecule has 0 atom stereocenters. The van der Waals surface area contributed by atoms with E-state index in [1.165, 1.54) is 27.4 Å². The van der Waals surface area contributed by atoms with Crippen LogP contribution in [-0.2, 0) is 0 Å². The van der Waals surface area contributed by atoms with Crippen molar-refractivity contribution in [3.63, 3.8) is 0 Å². The van der Waals surface area contributed by atoms with E-state index in [4.69, 9.17) is 0 Å². The van der Waals surface area contributed by atoms with Gasteiger partial charge in [0, 0.05) is 16.3 Å². The van der Waals surface area contributed by atoms with Crippen LogP contribution in [0.5, 0.6) is 0 Å². The second-order valence-electron chi connectivity index (χ2n) is 7.24. The van der Waals surface area contributed by atoms with E-state index < -0.39 is 8.07 Å². The van der Waals surface area contributed by atoms with Crippen molar-refractivity contribution in [1.29, 1.82) is 0 Å². The lowest BCUT2D eigenvalue weighted by atomic mass is 9.93. The van der Waals surface area contributed by atoms with E-state index in [2.05, 4.69) is 112 Å². The molecule has 0 unspecified atom stereocenters. The molecule has 0 aliphatic carbocycles. The van der Waals surface area contributed by atoms with Crippen LogP contribution in [-0.4, -0.2) is 0 Å². The number of rotatable bonds is 6. The summed E-state index contributed by atoms with van der Waals surface area (Å²) in [7, 11) is -0.659. The first-order chi connectivity index (χ1) is 12.6. The van der Waals surface area contributed by atoms with E-state index in [1.807, 2.05) is 0 Å². The number of hydrogen-bond donors (Lipinski definition) is 1. The zero-order valence-corrected chi connectivity index (χ0v) is 17.0. The predicted molar refractivity (Wildman–Crippen MR) is 117 cm³/mol. The molecule has 3 aromatic carbocycles. The average molecular weight is 361 g/mol. The normalized spacial score (nSPS) is 11.3. The molecular weight excluding hydrogens is 333 g/mol. The van der Waals surface area contributed by atoms with Crippen LogP contribution in [0.4, 0.5) is 5.69 Å². The van der Waals surface area contributed by atoms with E-state index in [-0.39, 0.29) is 0 Å². The third-order valence-corrected chi connectivity index (χ3v) is 6.70.